The van der Waals surface area contributed by atoms with Gasteiger partial charge < -0.3 is 19.7 Å². The molecule has 1 N–H and O–H groups in total. The summed E-state index contributed by atoms with van der Waals surface area (Å²) in [6, 6.07) is 11.4. The Labute approximate surface area is 184 Å². The highest BCUT2D eigenvalue weighted by molar-refractivity contribution is 6.06. The zero-order chi connectivity index (χ0) is 22.8. The largest absolute Gasteiger partial charge is 0.490 e. The molecule has 1 aliphatic heterocycles. The minimum absolute atomic E-state index is 0.0231. The number of fused-ring (bicyclic) bond motifs is 1. The molecule has 0 fully saturated rings. The van der Waals surface area contributed by atoms with Crippen molar-refractivity contribution in [2.75, 3.05) is 11.9 Å². The predicted octanol–water partition coefficient (Wildman–Crippen LogP) is 5.33. The zero-order valence-electron chi connectivity index (χ0n) is 19.2. The van der Waals surface area contributed by atoms with Gasteiger partial charge in [0, 0.05) is 18.8 Å². The van der Waals surface area contributed by atoms with Crippen LogP contribution in [0.2, 0.25) is 0 Å². The van der Waals surface area contributed by atoms with Crippen LogP contribution in [0, 0.1) is 6.92 Å². The van der Waals surface area contributed by atoms with Gasteiger partial charge in [-0.3, -0.25) is 4.79 Å². The number of carbonyl (C=O) groups excluding carboxylic acids is 2. The molecule has 31 heavy (non-hydrogen) atoms. The van der Waals surface area contributed by atoms with E-state index in [4.69, 9.17) is 9.47 Å². The van der Waals surface area contributed by atoms with Gasteiger partial charge in [0.15, 0.2) is 0 Å². The topological polar surface area (TPSA) is 67.9 Å². The van der Waals surface area contributed by atoms with Crippen LogP contribution < -0.4 is 10.1 Å². The van der Waals surface area contributed by atoms with Crippen molar-refractivity contribution < 1.29 is 19.1 Å². The highest BCUT2D eigenvalue weighted by Crippen LogP contribution is 2.26. The lowest BCUT2D eigenvalue weighted by Crippen LogP contribution is -2.39. The third kappa shape index (κ3) is 6.00. The maximum atomic E-state index is 12.9. The fraction of sp³-hybridized carbons (Fsp3) is 0.440. The summed E-state index contributed by atoms with van der Waals surface area (Å²) in [6.07, 6.45) is 0.391. The molecule has 0 spiro atoms. The second kappa shape index (κ2) is 9.00. The van der Waals surface area contributed by atoms with E-state index < -0.39 is 5.60 Å². The normalized spacial score (nSPS) is 13.6. The number of rotatable bonds is 4. The van der Waals surface area contributed by atoms with E-state index in [1.54, 1.807) is 11.0 Å². The van der Waals surface area contributed by atoms with Crippen molar-refractivity contribution in [3.05, 3.63) is 58.7 Å². The summed E-state index contributed by atoms with van der Waals surface area (Å²) in [5.74, 6) is 0.375. The summed E-state index contributed by atoms with van der Waals surface area (Å²) in [6.45, 7) is 12.5. The number of carbonyl (C=O) groups is 2. The first-order valence-electron chi connectivity index (χ1n) is 10.7. The molecule has 6 heteroatoms. The molecule has 2 aromatic carbocycles. The van der Waals surface area contributed by atoms with Crippen LogP contribution in [-0.4, -0.2) is 35.2 Å². The summed E-state index contributed by atoms with van der Waals surface area (Å²) in [5, 5.41) is 2.98. The monoisotopic (exact) mass is 424 g/mol. The van der Waals surface area contributed by atoms with E-state index >= 15 is 0 Å². The second-order valence-electron chi connectivity index (χ2n) is 9.26. The molecule has 0 atom stereocenters. The number of benzene rings is 2. The Hall–Kier alpha value is -3.02. The minimum atomic E-state index is -0.514. The number of anilines is 1. The summed E-state index contributed by atoms with van der Waals surface area (Å²) in [5.41, 5.74) is 3.95. The predicted molar refractivity (Wildman–Crippen MR) is 122 cm³/mol. The highest BCUT2D eigenvalue weighted by atomic mass is 16.6. The van der Waals surface area contributed by atoms with Crippen LogP contribution in [0.4, 0.5) is 10.5 Å². The van der Waals surface area contributed by atoms with Crippen molar-refractivity contribution in [1.29, 1.82) is 0 Å². The first-order valence-corrected chi connectivity index (χ1v) is 10.7. The molecule has 1 aliphatic rings. The minimum Gasteiger partial charge on any atom is -0.490 e. The Morgan fingerprint density at radius 2 is 1.81 bits per heavy atom. The summed E-state index contributed by atoms with van der Waals surface area (Å²) < 4.78 is 11.3. The quantitative estimate of drug-likeness (QED) is 0.720. The zero-order valence-corrected chi connectivity index (χ0v) is 19.2. The molecule has 0 unspecified atom stereocenters. The fourth-order valence-corrected chi connectivity index (χ4v) is 3.48. The van der Waals surface area contributed by atoms with Crippen LogP contribution in [-0.2, 0) is 17.7 Å². The molecule has 0 saturated carbocycles. The lowest BCUT2D eigenvalue weighted by atomic mass is 9.99. The van der Waals surface area contributed by atoms with Crippen LogP contribution in [0.25, 0.3) is 0 Å². The van der Waals surface area contributed by atoms with Gasteiger partial charge in [-0.25, -0.2) is 4.79 Å². The van der Waals surface area contributed by atoms with Crippen molar-refractivity contribution >= 4 is 17.7 Å². The summed E-state index contributed by atoms with van der Waals surface area (Å²) >= 11 is 0. The van der Waals surface area contributed by atoms with Crippen LogP contribution in [0.3, 0.4) is 0 Å². The SMILES string of the molecule is Cc1ccc(C(=O)Nc2ccc3c(c2)CCN(C(=O)OC(C)(C)C)C3)c(OC(C)C)c1. The maximum Gasteiger partial charge on any atom is 0.410 e. The third-order valence-corrected chi connectivity index (χ3v) is 4.87. The van der Waals surface area contributed by atoms with E-state index in [0.717, 1.165) is 22.4 Å². The number of nitrogens with zero attached hydrogens (tertiary/aromatic N) is 1. The van der Waals surface area contributed by atoms with Crippen LogP contribution in [0.1, 0.15) is 61.7 Å². The van der Waals surface area contributed by atoms with Gasteiger partial charge >= 0.3 is 6.09 Å². The van der Waals surface area contributed by atoms with Crippen molar-refractivity contribution in [2.24, 2.45) is 0 Å². The standard InChI is InChI=1S/C25H32N2O4/c1-16(2)30-22-13-17(3)7-10-21(22)23(28)26-20-9-8-19-15-27(12-11-18(19)14-20)24(29)31-25(4,5)6/h7-10,13-14,16H,11-12,15H2,1-6H3,(H,26,28). The maximum absolute atomic E-state index is 12.9. The Kier molecular flexibility index (Phi) is 6.58. The molecule has 2 aromatic rings. The van der Waals surface area contributed by atoms with E-state index in [1.165, 1.54) is 0 Å². The smallest absolute Gasteiger partial charge is 0.410 e. The number of nitrogens with one attached hydrogen (secondary N) is 1. The van der Waals surface area contributed by atoms with Gasteiger partial charge in [0.25, 0.3) is 5.91 Å². The molecule has 0 aromatic heterocycles. The number of aryl methyl sites for hydroxylation is 1. The van der Waals surface area contributed by atoms with Crippen LogP contribution >= 0.6 is 0 Å². The average molecular weight is 425 g/mol. The first-order chi connectivity index (χ1) is 14.5. The Bertz CT molecular complexity index is 976. The summed E-state index contributed by atoms with van der Waals surface area (Å²) in [7, 11) is 0. The number of hydrogen-bond donors (Lipinski definition) is 1. The molecular formula is C25H32N2O4. The van der Waals surface area contributed by atoms with Gasteiger partial charge in [-0.1, -0.05) is 12.1 Å². The van der Waals surface area contributed by atoms with Crippen molar-refractivity contribution in [3.63, 3.8) is 0 Å². The molecule has 0 bridgehead atoms. The third-order valence-electron chi connectivity index (χ3n) is 4.87. The second-order valence-corrected chi connectivity index (χ2v) is 9.26. The van der Waals surface area contributed by atoms with Gasteiger partial charge in [0.1, 0.15) is 11.4 Å². The Balaban J connectivity index is 1.72. The molecule has 166 valence electrons. The van der Waals surface area contributed by atoms with Crippen molar-refractivity contribution in [3.8, 4) is 5.75 Å². The number of hydrogen-bond acceptors (Lipinski definition) is 4. The Morgan fingerprint density at radius 1 is 1.06 bits per heavy atom. The molecular weight excluding hydrogens is 392 g/mol. The molecule has 0 aliphatic carbocycles. The van der Waals surface area contributed by atoms with E-state index in [2.05, 4.69) is 5.32 Å². The number of ether oxygens (including phenoxy) is 2. The molecule has 3 rings (SSSR count). The van der Waals surface area contributed by atoms with E-state index in [9.17, 15) is 9.59 Å². The first kappa shape index (κ1) is 22.7. The van der Waals surface area contributed by atoms with Crippen molar-refractivity contribution in [2.45, 2.75) is 66.2 Å². The molecule has 0 radical (unpaired) electrons. The lowest BCUT2D eigenvalue weighted by Gasteiger charge is -2.31. The fourth-order valence-electron chi connectivity index (χ4n) is 3.48. The van der Waals surface area contributed by atoms with Gasteiger partial charge in [-0.05, 0) is 88.9 Å². The van der Waals surface area contributed by atoms with E-state index in [0.29, 0.717) is 30.8 Å². The van der Waals surface area contributed by atoms with Gasteiger partial charge in [0.05, 0.1) is 11.7 Å². The molecule has 6 nitrogen and oxygen atoms in total. The van der Waals surface area contributed by atoms with Crippen LogP contribution in [0.5, 0.6) is 5.75 Å². The molecule has 1 heterocycles. The molecule has 2 amide bonds. The summed E-state index contributed by atoms with van der Waals surface area (Å²) in [4.78, 5) is 27.0. The van der Waals surface area contributed by atoms with Crippen molar-refractivity contribution in [1.82, 2.24) is 4.90 Å². The molecule has 0 saturated heterocycles. The number of amides is 2. The lowest BCUT2D eigenvalue weighted by molar-refractivity contribution is 0.0224. The van der Waals surface area contributed by atoms with Gasteiger partial charge in [-0.2, -0.15) is 0 Å². The van der Waals surface area contributed by atoms with E-state index in [1.807, 2.05) is 71.9 Å². The Morgan fingerprint density at radius 3 is 2.48 bits per heavy atom. The average Bonchev–Trinajstić information content (AvgIpc) is 2.65. The highest BCUT2D eigenvalue weighted by Gasteiger charge is 2.26. The van der Waals surface area contributed by atoms with E-state index in [-0.39, 0.29) is 18.1 Å². The van der Waals surface area contributed by atoms with Gasteiger partial charge in [-0.15, -0.1) is 0 Å². The van der Waals surface area contributed by atoms with Crippen LogP contribution in [0.15, 0.2) is 36.4 Å². The van der Waals surface area contributed by atoms with Gasteiger partial charge in [0.2, 0.25) is 0 Å².